The first-order chi connectivity index (χ1) is 8.71. The predicted octanol–water partition coefficient (Wildman–Crippen LogP) is 4.29. The van der Waals surface area contributed by atoms with Crippen molar-refractivity contribution in [3.63, 3.8) is 0 Å². The fourth-order valence-corrected chi connectivity index (χ4v) is 1.89. The lowest BCUT2D eigenvalue weighted by Gasteiger charge is -2.24. The molecule has 0 fully saturated rings. The van der Waals surface area contributed by atoms with Crippen LogP contribution in [0.15, 0.2) is 12.1 Å². The number of ether oxygens (including phenoxy) is 1. The first-order valence-corrected chi connectivity index (χ1v) is 6.00. The van der Waals surface area contributed by atoms with Gasteiger partial charge in [-0.25, -0.2) is 8.78 Å². The van der Waals surface area contributed by atoms with Gasteiger partial charge in [-0.3, -0.25) is 0 Å². The average Bonchev–Trinajstić information content (AvgIpc) is 2.32. The van der Waals surface area contributed by atoms with Crippen LogP contribution in [0.2, 0.25) is 10.0 Å². The Morgan fingerprint density at radius 2 is 1.84 bits per heavy atom. The second-order valence-electron chi connectivity index (χ2n) is 3.69. The van der Waals surface area contributed by atoms with Crippen LogP contribution >= 0.6 is 23.2 Å². The van der Waals surface area contributed by atoms with E-state index in [9.17, 15) is 17.6 Å². The second kappa shape index (κ2) is 6.15. The standard InChI is InChI=1S/C11H11Cl2F4NO/c1-2-19-8-4-6(12)5(3-7(8)13)9(18)11(16,17)10(14)15/h3-4,9-10H,2,18H2,1H3. The van der Waals surface area contributed by atoms with Crippen LogP contribution in [0.1, 0.15) is 18.5 Å². The van der Waals surface area contributed by atoms with E-state index >= 15 is 0 Å². The van der Waals surface area contributed by atoms with Crippen LogP contribution in [0, 0.1) is 0 Å². The number of alkyl halides is 4. The summed E-state index contributed by atoms with van der Waals surface area (Å²) in [6.07, 6.45) is -3.90. The van der Waals surface area contributed by atoms with Gasteiger partial charge in [0, 0.05) is 11.1 Å². The van der Waals surface area contributed by atoms with Gasteiger partial charge in [0.15, 0.2) is 0 Å². The molecule has 1 aromatic carbocycles. The molecule has 0 aliphatic rings. The molecule has 0 bridgehead atoms. The lowest BCUT2D eigenvalue weighted by Crippen LogP contribution is -2.39. The van der Waals surface area contributed by atoms with Crippen molar-refractivity contribution in [2.75, 3.05) is 6.61 Å². The number of hydrogen-bond donors (Lipinski definition) is 1. The Kier molecular flexibility index (Phi) is 5.29. The maximum Gasteiger partial charge on any atom is 0.326 e. The third-order valence-corrected chi connectivity index (χ3v) is 3.01. The van der Waals surface area contributed by atoms with Gasteiger partial charge in [-0.2, -0.15) is 8.78 Å². The summed E-state index contributed by atoms with van der Waals surface area (Å²) in [7, 11) is 0. The minimum atomic E-state index is -4.40. The van der Waals surface area contributed by atoms with Crippen LogP contribution in [0.25, 0.3) is 0 Å². The first kappa shape index (κ1) is 16.3. The molecule has 0 amide bonds. The second-order valence-corrected chi connectivity index (χ2v) is 4.50. The van der Waals surface area contributed by atoms with Crippen molar-refractivity contribution in [1.29, 1.82) is 0 Å². The summed E-state index contributed by atoms with van der Waals surface area (Å²) in [5, 5.41) is -0.234. The van der Waals surface area contributed by atoms with Gasteiger partial charge in [-0.15, -0.1) is 0 Å². The largest absolute Gasteiger partial charge is 0.492 e. The van der Waals surface area contributed by atoms with Gasteiger partial charge in [-0.05, 0) is 18.6 Å². The van der Waals surface area contributed by atoms with Gasteiger partial charge in [0.2, 0.25) is 0 Å². The van der Waals surface area contributed by atoms with Gasteiger partial charge in [-0.1, -0.05) is 23.2 Å². The number of halogens is 6. The van der Waals surface area contributed by atoms with Crippen molar-refractivity contribution in [3.05, 3.63) is 27.7 Å². The average molecular weight is 320 g/mol. The van der Waals surface area contributed by atoms with E-state index in [0.717, 1.165) is 6.07 Å². The molecule has 1 aromatic rings. The summed E-state index contributed by atoms with van der Waals surface area (Å²) in [6, 6.07) is -0.0758. The van der Waals surface area contributed by atoms with Crippen LogP contribution in [0.5, 0.6) is 5.75 Å². The molecular weight excluding hydrogens is 309 g/mol. The summed E-state index contributed by atoms with van der Waals surface area (Å²) in [5.41, 5.74) is 4.79. The molecule has 19 heavy (non-hydrogen) atoms. The summed E-state index contributed by atoms with van der Waals surface area (Å²) in [5.74, 6) is -4.23. The van der Waals surface area contributed by atoms with Crippen LogP contribution < -0.4 is 10.5 Å². The highest BCUT2D eigenvalue weighted by Crippen LogP contribution is 2.40. The minimum Gasteiger partial charge on any atom is -0.492 e. The third-order valence-electron chi connectivity index (χ3n) is 2.39. The van der Waals surface area contributed by atoms with Gasteiger partial charge in [0.1, 0.15) is 11.8 Å². The van der Waals surface area contributed by atoms with Gasteiger partial charge in [0.25, 0.3) is 0 Å². The van der Waals surface area contributed by atoms with E-state index in [2.05, 4.69) is 0 Å². The van der Waals surface area contributed by atoms with Crippen molar-refractivity contribution in [3.8, 4) is 5.75 Å². The Bertz CT molecular complexity index is 457. The van der Waals surface area contributed by atoms with Crippen LogP contribution in [-0.2, 0) is 0 Å². The maximum atomic E-state index is 13.2. The van der Waals surface area contributed by atoms with Crippen molar-refractivity contribution < 1.29 is 22.3 Å². The molecule has 0 radical (unpaired) electrons. The zero-order valence-corrected chi connectivity index (χ0v) is 11.3. The van der Waals surface area contributed by atoms with Crippen molar-refractivity contribution in [2.45, 2.75) is 25.3 Å². The minimum absolute atomic E-state index is 0.0261. The SMILES string of the molecule is CCOc1cc(Cl)c(C(N)C(F)(F)C(F)F)cc1Cl. The van der Waals surface area contributed by atoms with E-state index in [1.54, 1.807) is 6.92 Å². The third kappa shape index (κ3) is 3.43. The summed E-state index contributed by atoms with van der Waals surface area (Å²) in [4.78, 5) is 0. The summed E-state index contributed by atoms with van der Waals surface area (Å²) < 4.78 is 55.9. The molecule has 2 N–H and O–H groups in total. The van der Waals surface area contributed by atoms with Crippen LogP contribution in [0.4, 0.5) is 17.6 Å². The summed E-state index contributed by atoms with van der Waals surface area (Å²) in [6.45, 7) is 1.98. The zero-order chi connectivity index (χ0) is 14.8. The molecule has 0 spiro atoms. The fourth-order valence-electron chi connectivity index (χ4n) is 1.39. The molecule has 0 aromatic heterocycles. The van der Waals surface area contributed by atoms with E-state index in [-0.39, 0.29) is 28.0 Å². The van der Waals surface area contributed by atoms with Gasteiger partial charge < -0.3 is 10.5 Å². The van der Waals surface area contributed by atoms with Crippen molar-refractivity contribution in [1.82, 2.24) is 0 Å². The smallest absolute Gasteiger partial charge is 0.326 e. The Hall–Kier alpha value is -0.720. The first-order valence-electron chi connectivity index (χ1n) is 5.25. The molecule has 8 heteroatoms. The normalized spacial score (nSPS) is 13.7. The molecule has 0 aliphatic heterocycles. The highest BCUT2D eigenvalue weighted by molar-refractivity contribution is 6.34. The van der Waals surface area contributed by atoms with E-state index in [0.29, 0.717) is 0 Å². The molecule has 1 unspecified atom stereocenters. The molecule has 0 saturated carbocycles. The van der Waals surface area contributed by atoms with Crippen LogP contribution in [-0.4, -0.2) is 19.0 Å². The Balaban J connectivity index is 3.18. The lowest BCUT2D eigenvalue weighted by molar-refractivity contribution is -0.144. The Morgan fingerprint density at radius 3 is 2.32 bits per heavy atom. The molecule has 0 aliphatic carbocycles. The maximum absolute atomic E-state index is 13.2. The monoisotopic (exact) mass is 319 g/mol. The lowest BCUT2D eigenvalue weighted by atomic mass is 10.0. The highest BCUT2D eigenvalue weighted by Gasteiger charge is 2.48. The van der Waals surface area contributed by atoms with Gasteiger partial charge in [0.05, 0.1) is 11.6 Å². The van der Waals surface area contributed by atoms with Crippen molar-refractivity contribution in [2.24, 2.45) is 5.73 Å². The molecule has 0 saturated heterocycles. The van der Waals surface area contributed by atoms with E-state index < -0.39 is 18.4 Å². The predicted molar refractivity (Wildman–Crippen MR) is 65.5 cm³/mol. The van der Waals surface area contributed by atoms with E-state index in [1.807, 2.05) is 0 Å². The fraction of sp³-hybridized carbons (Fsp3) is 0.455. The zero-order valence-electron chi connectivity index (χ0n) is 9.77. The molecule has 1 rings (SSSR count). The molecule has 0 heterocycles. The van der Waals surface area contributed by atoms with Gasteiger partial charge >= 0.3 is 12.3 Å². The highest BCUT2D eigenvalue weighted by atomic mass is 35.5. The topological polar surface area (TPSA) is 35.2 Å². The molecule has 108 valence electrons. The quantitative estimate of drug-likeness (QED) is 0.821. The number of nitrogens with two attached hydrogens (primary N) is 1. The van der Waals surface area contributed by atoms with E-state index in [4.69, 9.17) is 33.7 Å². The van der Waals surface area contributed by atoms with Crippen LogP contribution in [0.3, 0.4) is 0 Å². The number of hydrogen-bond acceptors (Lipinski definition) is 2. The molecular formula is C11H11Cl2F4NO. The Morgan fingerprint density at radius 1 is 1.26 bits per heavy atom. The Labute approximate surface area is 117 Å². The molecule has 1 atom stereocenters. The molecule has 2 nitrogen and oxygen atoms in total. The van der Waals surface area contributed by atoms with E-state index in [1.165, 1.54) is 6.07 Å². The number of benzene rings is 1. The number of rotatable bonds is 5. The summed E-state index contributed by atoms with van der Waals surface area (Å²) >= 11 is 11.5. The van der Waals surface area contributed by atoms with Crippen molar-refractivity contribution >= 4 is 23.2 Å².